The van der Waals surface area contributed by atoms with Crippen LogP contribution in [0, 0.1) is 0 Å². The molecular formula is C14H18N4S. The molecule has 4 nitrogen and oxygen atoms in total. The summed E-state index contributed by atoms with van der Waals surface area (Å²) in [7, 11) is 0. The molecule has 5 heteroatoms. The van der Waals surface area contributed by atoms with Crippen LogP contribution in [-0.4, -0.2) is 26.6 Å². The fourth-order valence-corrected chi connectivity index (χ4v) is 3.09. The van der Waals surface area contributed by atoms with Crippen LogP contribution in [0.25, 0.3) is 0 Å². The van der Waals surface area contributed by atoms with E-state index in [-0.39, 0.29) is 0 Å². The van der Waals surface area contributed by atoms with E-state index in [9.17, 15) is 0 Å². The molecule has 2 aromatic rings. The quantitative estimate of drug-likeness (QED) is 0.801. The van der Waals surface area contributed by atoms with Crippen molar-refractivity contribution < 1.29 is 0 Å². The Kier molecular flexibility index (Phi) is 3.46. The number of thioether (sulfide) groups is 1. The van der Waals surface area contributed by atoms with E-state index >= 15 is 0 Å². The van der Waals surface area contributed by atoms with Gasteiger partial charge in [0.15, 0.2) is 5.16 Å². The standard InChI is InChI=1S/C14H18N4S/c1-3-11(2)19-14-16-15-13-17(9-10-18(13)14)12-7-5-4-6-8-12/h4-8,11H,3,9-10H2,1-2H3. The SMILES string of the molecule is CCC(C)Sc1nnc2n1CCN2c1ccccc1. The fraction of sp³-hybridized carbons (Fsp3) is 0.429. The number of hydrogen-bond donors (Lipinski definition) is 0. The third-order valence-electron chi connectivity index (χ3n) is 3.44. The second-order valence-corrected chi connectivity index (χ2v) is 6.16. The Morgan fingerprint density at radius 3 is 2.74 bits per heavy atom. The molecule has 1 aromatic heterocycles. The predicted octanol–water partition coefficient (Wildman–Crippen LogP) is 3.32. The molecule has 2 heterocycles. The van der Waals surface area contributed by atoms with Crippen LogP contribution >= 0.6 is 11.8 Å². The molecule has 1 unspecified atom stereocenters. The highest BCUT2D eigenvalue weighted by Gasteiger charge is 2.26. The third kappa shape index (κ3) is 2.34. The topological polar surface area (TPSA) is 34.0 Å². The Bertz CT molecular complexity index is 552. The van der Waals surface area contributed by atoms with Crippen molar-refractivity contribution in [3.63, 3.8) is 0 Å². The molecule has 0 radical (unpaired) electrons. The van der Waals surface area contributed by atoms with Gasteiger partial charge in [-0.2, -0.15) is 0 Å². The van der Waals surface area contributed by atoms with Crippen LogP contribution in [0.5, 0.6) is 0 Å². The van der Waals surface area contributed by atoms with Gasteiger partial charge in [-0.25, -0.2) is 0 Å². The van der Waals surface area contributed by atoms with E-state index in [1.807, 2.05) is 17.8 Å². The van der Waals surface area contributed by atoms with Crippen molar-refractivity contribution in [1.29, 1.82) is 0 Å². The number of rotatable bonds is 4. The predicted molar refractivity (Wildman–Crippen MR) is 79.1 cm³/mol. The second kappa shape index (κ2) is 5.25. The van der Waals surface area contributed by atoms with Gasteiger partial charge in [0.05, 0.1) is 0 Å². The lowest BCUT2D eigenvalue weighted by Gasteiger charge is -2.14. The summed E-state index contributed by atoms with van der Waals surface area (Å²) in [4.78, 5) is 2.23. The van der Waals surface area contributed by atoms with Crippen LogP contribution in [-0.2, 0) is 6.54 Å². The minimum Gasteiger partial charge on any atom is -0.309 e. The number of nitrogens with zero attached hydrogens (tertiary/aromatic N) is 4. The van der Waals surface area contributed by atoms with Gasteiger partial charge >= 0.3 is 0 Å². The average Bonchev–Trinajstić information content (AvgIpc) is 3.02. The largest absolute Gasteiger partial charge is 0.309 e. The molecule has 0 N–H and O–H groups in total. The maximum Gasteiger partial charge on any atom is 0.232 e. The summed E-state index contributed by atoms with van der Waals surface area (Å²) in [5, 5.41) is 10.3. The minimum absolute atomic E-state index is 0.582. The summed E-state index contributed by atoms with van der Waals surface area (Å²) < 4.78 is 2.23. The zero-order chi connectivity index (χ0) is 13.2. The number of anilines is 2. The van der Waals surface area contributed by atoms with Crippen molar-refractivity contribution in [1.82, 2.24) is 14.8 Å². The van der Waals surface area contributed by atoms with Crippen molar-refractivity contribution in [2.75, 3.05) is 11.4 Å². The van der Waals surface area contributed by atoms with Gasteiger partial charge in [-0.05, 0) is 18.6 Å². The molecule has 0 saturated heterocycles. The van der Waals surface area contributed by atoms with E-state index in [0.717, 1.165) is 30.6 Å². The van der Waals surface area contributed by atoms with Gasteiger partial charge in [0.25, 0.3) is 0 Å². The first-order valence-electron chi connectivity index (χ1n) is 6.72. The van der Waals surface area contributed by atoms with E-state index in [2.05, 4.69) is 57.8 Å². The van der Waals surface area contributed by atoms with Crippen molar-refractivity contribution >= 4 is 23.4 Å². The molecule has 1 aliphatic heterocycles. The number of benzene rings is 1. The maximum atomic E-state index is 4.36. The molecule has 19 heavy (non-hydrogen) atoms. The van der Waals surface area contributed by atoms with Crippen LogP contribution in [0.3, 0.4) is 0 Å². The molecule has 0 fully saturated rings. The van der Waals surface area contributed by atoms with E-state index in [1.54, 1.807) is 0 Å². The van der Waals surface area contributed by atoms with E-state index < -0.39 is 0 Å². The molecular weight excluding hydrogens is 256 g/mol. The van der Waals surface area contributed by atoms with Gasteiger partial charge in [-0.1, -0.05) is 43.8 Å². The smallest absolute Gasteiger partial charge is 0.232 e. The average molecular weight is 274 g/mol. The van der Waals surface area contributed by atoms with Gasteiger partial charge in [-0.15, -0.1) is 10.2 Å². The van der Waals surface area contributed by atoms with Gasteiger partial charge in [0, 0.05) is 24.0 Å². The van der Waals surface area contributed by atoms with Crippen LogP contribution in [0.4, 0.5) is 11.6 Å². The molecule has 0 amide bonds. The van der Waals surface area contributed by atoms with Crippen molar-refractivity contribution in [2.45, 2.75) is 37.2 Å². The normalized spacial score (nSPS) is 15.6. The Morgan fingerprint density at radius 1 is 1.21 bits per heavy atom. The number of hydrogen-bond acceptors (Lipinski definition) is 4. The lowest BCUT2D eigenvalue weighted by atomic mass is 10.3. The Labute approximate surface area is 117 Å². The highest BCUT2D eigenvalue weighted by Crippen LogP contribution is 2.33. The summed E-state index contributed by atoms with van der Waals surface area (Å²) in [6, 6.07) is 10.4. The number of aromatic nitrogens is 3. The van der Waals surface area contributed by atoms with Gasteiger partial charge < -0.3 is 4.90 Å². The van der Waals surface area contributed by atoms with Crippen LogP contribution < -0.4 is 4.90 Å². The lowest BCUT2D eigenvalue weighted by Crippen LogP contribution is -2.14. The Morgan fingerprint density at radius 2 is 2.00 bits per heavy atom. The molecule has 100 valence electrons. The van der Waals surface area contributed by atoms with Gasteiger partial charge in [0.2, 0.25) is 5.95 Å². The summed E-state index contributed by atoms with van der Waals surface area (Å²) in [6.07, 6.45) is 1.15. The van der Waals surface area contributed by atoms with Crippen molar-refractivity contribution in [3.05, 3.63) is 30.3 Å². The first kappa shape index (κ1) is 12.5. The van der Waals surface area contributed by atoms with Crippen molar-refractivity contribution in [3.8, 4) is 0 Å². The molecule has 1 aliphatic rings. The molecule has 1 atom stereocenters. The van der Waals surface area contributed by atoms with Crippen LogP contribution in [0.15, 0.2) is 35.5 Å². The summed E-state index contributed by atoms with van der Waals surface area (Å²) in [5.74, 6) is 0.969. The van der Waals surface area contributed by atoms with E-state index in [0.29, 0.717) is 5.25 Å². The maximum absolute atomic E-state index is 4.36. The minimum atomic E-state index is 0.582. The molecule has 3 rings (SSSR count). The van der Waals surface area contributed by atoms with E-state index in [4.69, 9.17) is 0 Å². The molecule has 0 bridgehead atoms. The number of fused-ring (bicyclic) bond motifs is 1. The first-order chi connectivity index (χ1) is 9.29. The summed E-state index contributed by atoms with van der Waals surface area (Å²) >= 11 is 1.82. The summed E-state index contributed by atoms with van der Waals surface area (Å²) in [6.45, 7) is 6.38. The zero-order valence-electron chi connectivity index (χ0n) is 11.3. The molecule has 0 saturated carbocycles. The Hall–Kier alpha value is -1.49. The molecule has 1 aromatic carbocycles. The molecule has 0 spiro atoms. The van der Waals surface area contributed by atoms with Crippen LogP contribution in [0.1, 0.15) is 20.3 Å². The van der Waals surface area contributed by atoms with Crippen molar-refractivity contribution in [2.24, 2.45) is 0 Å². The zero-order valence-corrected chi connectivity index (χ0v) is 12.1. The first-order valence-corrected chi connectivity index (χ1v) is 7.60. The van der Waals surface area contributed by atoms with E-state index in [1.165, 1.54) is 5.69 Å². The Balaban J connectivity index is 1.86. The second-order valence-electron chi connectivity index (χ2n) is 4.76. The van der Waals surface area contributed by atoms with Gasteiger partial charge in [-0.3, -0.25) is 4.57 Å². The highest BCUT2D eigenvalue weighted by molar-refractivity contribution is 7.99. The fourth-order valence-electron chi connectivity index (χ4n) is 2.18. The van der Waals surface area contributed by atoms with Gasteiger partial charge in [0.1, 0.15) is 0 Å². The van der Waals surface area contributed by atoms with Crippen LogP contribution in [0.2, 0.25) is 0 Å². The lowest BCUT2D eigenvalue weighted by molar-refractivity contribution is 0.700. The highest BCUT2D eigenvalue weighted by atomic mass is 32.2. The molecule has 0 aliphatic carbocycles. The number of para-hydroxylation sites is 1. The third-order valence-corrected chi connectivity index (χ3v) is 4.68. The summed E-state index contributed by atoms with van der Waals surface area (Å²) in [5.41, 5.74) is 1.19. The monoisotopic (exact) mass is 274 g/mol.